The van der Waals surface area contributed by atoms with Gasteiger partial charge in [-0.05, 0) is 48.2 Å². The zero-order chi connectivity index (χ0) is 22.7. The van der Waals surface area contributed by atoms with E-state index >= 15 is 0 Å². The first kappa shape index (κ1) is 21.4. The summed E-state index contributed by atoms with van der Waals surface area (Å²) in [7, 11) is 0. The van der Waals surface area contributed by atoms with Gasteiger partial charge in [-0.3, -0.25) is 15.0 Å². The van der Waals surface area contributed by atoms with Crippen LogP contribution in [0.4, 0.5) is 5.69 Å². The average molecular weight is 430 g/mol. The van der Waals surface area contributed by atoms with E-state index in [1.54, 1.807) is 12.1 Å². The number of aryl methyl sites for hydroxylation is 1. The highest BCUT2D eigenvalue weighted by atomic mass is 16.5. The van der Waals surface area contributed by atoms with Gasteiger partial charge in [-0.25, -0.2) is 5.01 Å². The summed E-state index contributed by atoms with van der Waals surface area (Å²) in [5.41, 5.74) is 7.16. The van der Waals surface area contributed by atoms with E-state index in [0.29, 0.717) is 17.2 Å². The van der Waals surface area contributed by atoms with Crippen LogP contribution in [0.15, 0.2) is 72.8 Å². The minimum atomic E-state index is -0.540. The molecule has 164 valence electrons. The van der Waals surface area contributed by atoms with Crippen LogP contribution >= 0.6 is 0 Å². The van der Waals surface area contributed by atoms with E-state index in [-0.39, 0.29) is 12.5 Å². The number of benzene rings is 3. The smallest absolute Gasteiger partial charge is 0.276 e. The Balaban J connectivity index is 1.55. The Morgan fingerprint density at radius 1 is 1.03 bits per heavy atom. The van der Waals surface area contributed by atoms with Crippen LogP contribution in [0.2, 0.25) is 0 Å². The van der Waals surface area contributed by atoms with Crippen LogP contribution in [-0.2, 0) is 4.79 Å². The fraction of sp³-hybridized carbons (Fsp3) is 0.231. The van der Waals surface area contributed by atoms with Crippen molar-refractivity contribution < 1.29 is 14.3 Å². The summed E-state index contributed by atoms with van der Waals surface area (Å²) in [6.45, 7) is 6.05. The molecule has 0 fully saturated rings. The molecule has 2 N–H and O–H groups in total. The highest BCUT2D eigenvalue weighted by molar-refractivity contribution is 6.02. The van der Waals surface area contributed by atoms with Crippen molar-refractivity contribution in [3.63, 3.8) is 0 Å². The maximum absolute atomic E-state index is 13.3. The fourth-order valence-electron chi connectivity index (χ4n) is 3.62. The van der Waals surface area contributed by atoms with Gasteiger partial charge >= 0.3 is 0 Å². The van der Waals surface area contributed by atoms with Crippen molar-refractivity contribution in [2.24, 2.45) is 0 Å². The molecule has 2 amide bonds. The molecule has 0 aromatic heterocycles. The van der Waals surface area contributed by atoms with E-state index in [0.717, 1.165) is 16.8 Å². The van der Waals surface area contributed by atoms with Crippen LogP contribution < -0.4 is 15.5 Å². The number of hydrogen-bond acceptors (Lipinski definition) is 4. The van der Waals surface area contributed by atoms with Crippen molar-refractivity contribution in [1.29, 1.82) is 0 Å². The molecule has 1 atom stereocenters. The van der Waals surface area contributed by atoms with Gasteiger partial charge in [0.2, 0.25) is 0 Å². The second-order valence-electron chi connectivity index (χ2n) is 8.23. The molecule has 3 aromatic rings. The van der Waals surface area contributed by atoms with Crippen LogP contribution in [0.5, 0.6) is 5.75 Å². The summed E-state index contributed by atoms with van der Waals surface area (Å²) < 4.78 is 5.58. The van der Waals surface area contributed by atoms with E-state index in [9.17, 15) is 9.59 Å². The van der Waals surface area contributed by atoms with Crippen LogP contribution in [0.3, 0.4) is 0 Å². The molecule has 1 unspecified atom stereocenters. The lowest BCUT2D eigenvalue weighted by Crippen LogP contribution is -2.53. The first-order valence-electron chi connectivity index (χ1n) is 10.7. The van der Waals surface area contributed by atoms with Gasteiger partial charge in [-0.2, -0.15) is 0 Å². The Morgan fingerprint density at radius 3 is 2.41 bits per heavy atom. The standard InChI is InChI=1S/C26H27N3O3/c1-17(2)19-10-12-20(13-11-19)25-27-23-7-5-4-6-22(23)26(31)29(25)28-24(30)16-32-21-14-8-18(3)9-15-21/h4-15,17,25,27H,16H2,1-3H3,(H,28,30). The molecule has 6 heteroatoms. The van der Waals surface area contributed by atoms with Crippen molar-refractivity contribution in [2.45, 2.75) is 32.9 Å². The molecule has 4 rings (SSSR count). The third-order valence-corrected chi connectivity index (χ3v) is 5.48. The number of carbonyl (C=O) groups is 2. The summed E-state index contributed by atoms with van der Waals surface area (Å²) >= 11 is 0. The number of rotatable bonds is 6. The molecule has 1 aliphatic rings. The average Bonchev–Trinajstić information content (AvgIpc) is 2.80. The third-order valence-electron chi connectivity index (χ3n) is 5.48. The number of nitrogens with zero attached hydrogens (tertiary/aromatic N) is 1. The Kier molecular flexibility index (Phi) is 6.12. The number of carbonyl (C=O) groups excluding carboxylic acids is 2. The molecule has 0 saturated carbocycles. The van der Waals surface area contributed by atoms with Gasteiger partial charge in [0.1, 0.15) is 11.9 Å². The predicted octanol–water partition coefficient (Wildman–Crippen LogP) is 4.80. The van der Waals surface area contributed by atoms with E-state index in [4.69, 9.17) is 4.74 Å². The first-order chi connectivity index (χ1) is 15.4. The van der Waals surface area contributed by atoms with Gasteiger partial charge in [0, 0.05) is 5.69 Å². The molecule has 1 aliphatic heterocycles. The monoisotopic (exact) mass is 429 g/mol. The number of para-hydroxylation sites is 1. The molecule has 0 bridgehead atoms. The van der Waals surface area contributed by atoms with Crippen LogP contribution in [-0.4, -0.2) is 23.4 Å². The number of hydrogen-bond donors (Lipinski definition) is 2. The summed E-state index contributed by atoms with van der Waals surface area (Å²) in [6.07, 6.45) is -0.540. The van der Waals surface area contributed by atoms with E-state index in [2.05, 4.69) is 24.6 Å². The summed E-state index contributed by atoms with van der Waals surface area (Å²) in [4.78, 5) is 25.9. The van der Waals surface area contributed by atoms with Gasteiger partial charge in [0.05, 0.1) is 5.56 Å². The Morgan fingerprint density at radius 2 is 1.72 bits per heavy atom. The maximum Gasteiger partial charge on any atom is 0.276 e. The molecule has 0 spiro atoms. The Bertz CT molecular complexity index is 1110. The number of anilines is 1. The van der Waals surface area contributed by atoms with Crippen molar-refractivity contribution in [2.75, 3.05) is 11.9 Å². The SMILES string of the molecule is Cc1ccc(OCC(=O)NN2C(=O)c3ccccc3NC2c2ccc(C(C)C)cc2)cc1. The highest BCUT2D eigenvalue weighted by Gasteiger charge is 2.34. The van der Waals surface area contributed by atoms with Crippen LogP contribution in [0, 0.1) is 6.92 Å². The molecule has 32 heavy (non-hydrogen) atoms. The molecule has 0 radical (unpaired) electrons. The fourth-order valence-corrected chi connectivity index (χ4v) is 3.62. The van der Waals surface area contributed by atoms with Gasteiger partial charge in [-0.1, -0.05) is 67.9 Å². The second-order valence-corrected chi connectivity index (χ2v) is 8.23. The van der Waals surface area contributed by atoms with Gasteiger partial charge < -0.3 is 10.1 Å². The summed E-state index contributed by atoms with van der Waals surface area (Å²) in [5.74, 6) is 0.311. The Hall–Kier alpha value is -3.80. The lowest BCUT2D eigenvalue weighted by molar-refractivity contribution is -0.127. The molecule has 6 nitrogen and oxygen atoms in total. The van der Waals surface area contributed by atoms with Crippen LogP contribution in [0.25, 0.3) is 0 Å². The van der Waals surface area contributed by atoms with Crippen molar-refractivity contribution in [3.05, 3.63) is 95.1 Å². The van der Waals surface area contributed by atoms with Crippen molar-refractivity contribution in [3.8, 4) is 5.75 Å². The molecule has 0 aliphatic carbocycles. The van der Waals surface area contributed by atoms with Gasteiger partial charge in [-0.15, -0.1) is 0 Å². The minimum absolute atomic E-state index is 0.201. The predicted molar refractivity (Wildman–Crippen MR) is 124 cm³/mol. The van der Waals surface area contributed by atoms with Gasteiger partial charge in [0.15, 0.2) is 6.61 Å². The molecule has 1 heterocycles. The number of fused-ring (bicyclic) bond motifs is 1. The zero-order valence-electron chi connectivity index (χ0n) is 18.5. The highest BCUT2D eigenvalue weighted by Crippen LogP contribution is 2.32. The molecule has 3 aromatic carbocycles. The minimum Gasteiger partial charge on any atom is -0.484 e. The number of ether oxygens (including phenoxy) is 1. The summed E-state index contributed by atoms with van der Waals surface area (Å²) in [6, 6.07) is 22.8. The van der Waals surface area contributed by atoms with Crippen molar-refractivity contribution in [1.82, 2.24) is 10.4 Å². The summed E-state index contributed by atoms with van der Waals surface area (Å²) in [5, 5.41) is 4.72. The quantitative estimate of drug-likeness (QED) is 0.591. The van der Waals surface area contributed by atoms with Crippen molar-refractivity contribution >= 4 is 17.5 Å². The number of hydrazine groups is 1. The normalized spacial score (nSPS) is 15.2. The molecular weight excluding hydrogens is 402 g/mol. The molecule has 0 saturated heterocycles. The lowest BCUT2D eigenvalue weighted by atomic mass is 9.99. The second kappa shape index (κ2) is 9.14. The number of nitrogens with one attached hydrogen (secondary N) is 2. The topological polar surface area (TPSA) is 70.7 Å². The maximum atomic E-state index is 13.3. The third kappa shape index (κ3) is 4.59. The van der Waals surface area contributed by atoms with Crippen LogP contribution in [0.1, 0.15) is 53.0 Å². The Labute approximate surface area is 188 Å². The zero-order valence-corrected chi connectivity index (χ0v) is 18.5. The van der Waals surface area contributed by atoms with E-state index < -0.39 is 12.1 Å². The van der Waals surface area contributed by atoms with E-state index in [1.807, 2.05) is 67.6 Å². The van der Waals surface area contributed by atoms with E-state index in [1.165, 1.54) is 10.6 Å². The van der Waals surface area contributed by atoms with Gasteiger partial charge in [0.25, 0.3) is 11.8 Å². The first-order valence-corrected chi connectivity index (χ1v) is 10.7. The lowest BCUT2D eigenvalue weighted by Gasteiger charge is -2.37. The largest absolute Gasteiger partial charge is 0.484 e. The number of amides is 2. The molecular formula is C26H27N3O3.